The van der Waals surface area contributed by atoms with E-state index in [1.807, 2.05) is 48.5 Å². The van der Waals surface area contributed by atoms with Crippen LogP contribution in [0.25, 0.3) is 22.1 Å². The van der Waals surface area contributed by atoms with Crippen molar-refractivity contribution in [1.82, 2.24) is 0 Å². The zero-order valence-corrected chi connectivity index (χ0v) is 14.8. The maximum absolute atomic E-state index is 12.7. The van der Waals surface area contributed by atoms with E-state index in [4.69, 9.17) is 15.9 Å². The van der Waals surface area contributed by atoms with Crippen molar-refractivity contribution >= 4 is 22.4 Å². The van der Waals surface area contributed by atoms with Crippen molar-refractivity contribution in [3.63, 3.8) is 0 Å². The molecule has 4 N–H and O–H groups in total. The second-order valence-electron chi connectivity index (χ2n) is 6.57. The number of furan rings is 1. The smallest absolute Gasteiger partial charge is 0.169 e. The van der Waals surface area contributed by atoms with Gasteiger partial charge in [0.05, 0.1) is 6.26 Å². The molecule has 0 unspecified atom stereocenters. The summed E-state index contributed by atoms with van der Waals surface area (Å²) in [7, 11) is 0. The molecule has 4 aromatic rings. The van der Waals surface area contributed by atoms with Gasteiger partial charge < -0.3 is 15.9 Å². The number of para-hydroxylation sites is 1. The van der Waals surface area contributed by atoms with Crippen molar-refractivity contribution in [3.8, 4) is 11.1 Å². The first-order valence-corrected chi connectivity index (χ1v) is 8.83. The number of fused-ring (bicyclic) bond motifs is 1. The summed E-state index contributed by atoms with van der Waals surface area (Å²) in [5.74, 6) is -0.00222. The highest BCUT2D eigenvalue weighted by Gasteiger charge is 2.14. The predicted octanol–water partition coefficient (Wildman–Crippen LogP) is 4.57. The summed E-state index contributed by atoms with van der Waals surface area (Å²) in [4.78, 5) is 12.7. The highest BCUT2D eigenvalue weighted by atomic mass is 16.3. The van der Waals surface area contributed by atoms with Crippen LogP contribution >= 0.6 is 0 Å². The summed E-state index contributed by atoms with van der Waals surface area (Å²) < 4.78 is 5.70. The number of hydrogen-bond acceptors (Lipinski definition) is 4. The number of nitrogen functional groups attached to an aromatic ring is 1. The summed E-state index contributed by atoms with van der Waals surface area (Å²) in [5, 5.41) is 0.967. The Bertz CT molecular complexity index is 1130. The van der Waals surface area contributed by atoms with Crippen LogP contribution < -0.4 is 11.5 Å². The Labute approximate surface area is 157 Å². The van der Waals surface area contributed by atoms with Gasteiger partial charge in [-0.25, -0.2) is 0 Å². The first-order chi connectivity index (χ1) is 13.2. The number of nitrogens with two attached hydrogens (primary N) is 2. The van der Waals surface area contributed by atoms with Gasteiger partial charge in [0.2, 0.25) is 0 Å². The van der Waals surface area contributed by atoms with E-state index in [0.717, 1.165) is 33.2 Å². The standard InChI is InChI=1S/C23H20N2O2/c24-14-15-4-3-5-17(10-15)20-12-16(11-18-8-9-27-23(18)20)13-22(26)19-6-1-2-7-21(19)25/h1-12H,13-14,24-25H2. The number of hydrogen-bond donors (Lipinski definition) is 2. The Morgan fingerprint density at radius 2 is 1.78 bits per heavy atom. The normalized spacial score (nSPS) is 11.0. The first kappa shape index (κ1) is 17.1. The van der Waals surface area contributed by atoms with E-state index in [0.29, 0.717) is 17.8 Å². The molecular formula is C23H20N2O2. The number of carbonyl (C=O) groups excluding carboxylic acids is 1. The molecule has 4 nitrogen and oxygen atoms in total. The van der Waals surface area contributed by atoms with E-state index >= 15 is 0 Å². The molecule has 1 aromatic heterocycles. The van der Waals surface area contributed by atoms with Gasteiger partial charge in [-0.1, -0.05) is 30.3 Å². The summed E-state index contributed by atoms with van der Waals surface area (Å²) in [5.41, 5.74) is 17.5. The molecule has 4 rings (SSSR count). The molecule has 0 fully saturated rings. The summed E-state index contributed by atoms with van der Waals surface area (Å²) in [6.07, 6.45) is 1.95. The fraction of sp³-hybridized carbons (Fsp3) is 0.0870. The third-order valence-electron chi connectivity index (χ3n) is 4.71. The zero-order chi connectivity index (χ0) is 18.8. The lowest BCUT2D eigenvalue weighted by atomic mass is 9.95. The molecule has 0 radical (unpaired) electrons. The molecule has 3 aromatic carbocycles. The van der Waals surface area contributed by atoms with Crippen LogP contribution in [-0.4, -0.2) is 5.78 Å². The Morgan fingerprint density at radius 3 is 2.59 bits per heavy atom. The fourth-order valence-corrected chi connectivity index (χ4v) is 3.36. The summed E-state index contributed by atoms with van der Waals surface area (Å²) in [6.45, 7) is 0.473. The monoisotopic (exact) mass is 356 g/mol. The lowest BCUT2D eigenvalue weighted by Gasteiger charge is -2.09. The summed E-state index contributed by atoms with van der Waals surface area (Å²) in [6, 6.07) is 21.1. The number of ketones is 1. The van der Waals surface area contributed by atoms with Crippen LogP contribution in [0.15, 0.2) is 77.4 Å². The van der Waals surface area contributed by atoms with Crippen LogP contribution in [0.1, 0.15) is 21.5 Å². The van der Waals surface area contributed by atoms with Gasteiger partial charge in [0.15, 0.2) is 5.78 Å². The first-order valence-electron chi connectivity index (χ1n) is 8.83. The molecule has 0 aliphatic heterocycles. The van der Waals surface area contributed by atoms with E-state index in [2.05, 4.69) is 6.07 Å². The van der Waals surface area contributed by atoms with Crippen molar-refractivity contribution in [3.05, 3.63) is 89.7 Å². The zero-order valence-electron chi connectivity index (χ0n) is 14.8. The van der Waals surface area contributed by atoms with E-state index in [9.17, 15) is 4.79 Å². The minimum atomic E-state index is -0.00222. The molecule has 0 aliphatic carbocycles. The van der Waals surface area contributed by atoms with Gasteiger partial charge in [0, 0.05) is 35.2 Å². The lowest BCUT2D eigenvalue weighted by molar-refractivity contribution is 0.0994. The number of Topliss-reactive ketones (excluding diaryl/α,β-unsaturated/α-hetero) is 1. The van der Waals surface area contributed by atoms with Crippen LogP contribution in [-0.2, 0) is 13.0 Å². The number of carbonyl (C=O) groups is 1. The highest BCUT2D eigenvalue weighted by Crippen LogP contribution is 2.32. The Balaban J connectivity index is 1.76. The summed E-state index contributed by atoms with van der Waals surface area (Å²) >= 11 is 0. The van der Waals surface area contributed by atoms with Gasteiger partial charge in [-0.05, 0) is 53.1 Å². The third kappa shape index (κ3) is 3.35. The van der Waals surface area contributed by atoms with Crippen LogP contribution in [0, 0.1) is 0 Å². The van der Waals surface area contributed by atoms with Crippen LogP contribution in [0.3, 0.4) is 0 Å². The van der Waals surface area contributed by atoms with Crippen LogP contribution in [0.4, 0.5) is 5.69 Å². The highest BCUT2D eigenvalue weighted by molar-refractivity contribution is 6.03. The molecule has 1 heterocycles. The maximum atomic E-state index is 12.7. The molecule has 0 amide bonds. The van der Waals surface area contributed by atoms with E-state index in [1.54, 1.807) is 18.4 Å². The van der Waals surface area contributed by atoms with Crippen molar-refractivity contribution in [2.75, 3.05) is 5.73 Å². The van der Waals surface area contributed by atoms with Gasteiger partial charge >= 0.3 is 0 Å². The molecule has 134 valence electrons. The van der Waals surface area contributed by atoms with Gasteiger partial charge in [-0.3, -0.25) is 4.79 Å². The topological polar surface area (TPSA) is 82.2 Å². The van der Waals surface area contributed by atoms with Crippen molar-refractivity contribution in [2.45, 2.75) is 13.0 Å². The van der Waals surface area contributed by atoms with Gasteiger partial charge in [-0.15, -0.1) is 0 Å². The molecule has 0 saturated carbocycles. The third-order valence-corrected chi connectivity index (χ3v) is 4.71. The van der Waals surface area contributed by atoms with Gasteiger partial charge in [-0.2, -0.15) is 0 Å². The molecule has 27 heavy (non-hydrogen) atoms. The molecular weight excluding hydrogens is 336 g/mol. The molecule has 0 aliphatic rings. The van der Waals surface area contributed by atoms with E-state index in [1.165, 1.54) is 0 Å². The minimum Gasteiger partial charge on any atom is -0.464 e. The van der Waals surface area contributed by atoms with Crippen molar-refractivity contribution < 1.29 is 9.21 Å². The number of rotatable bonds is 5. The average molecular weight is 356 g/mol. The average Bonchev–Trinajstić information content (AvgIpc) is 3.16. The minimum absolute atomic E-state index is 0.00222. The number of benzene rings is 3. The second-order valence-corrected chi connectivity index (χ2v) is 6.57. The SMILES string of the molecule is NCc1cccc(-c2cc(CC(=O)c3ccccc3N)cc3ccoc23)c1. The van der Waals surface area contributed by atoms with E-state index in [-0.39, 0.29) is 12.2 Å². The van der Waals surface area contributed by atoms with Gasteiger partial charge in [0.25, 0.3) is 0 Å². The molecule has 0 bridgehead atoms. The lowest BCUT2D eigenvalue weighted by Crippen LogP contribution is -2.07. The van der Waals surface area contributed by atoms with Crippen molar-refractivity contribution in [1.29, 1.82) is 0 Å². The van der Waals surface area contributed by atoms with Crippen molar-refractivity contribution in [2.24, 2.45) is 5.73 Å². The largest absolute Gasteiger partial charge is 0.464 e. The van der Waals surface area contributed by atoms with Crippen LogP contribution in [0.2, 0.25) is 0 Å². The van der Waals surface area contributed by atoms with Crippen LogP contribution in [0.5, 0.6) is 0 Å². The predicted molar refractivity (Wildman–Crippen MR) is 108 cm³/mol. The fourth-order valence-electron chi connectivity index (χ4n) is 3.36. The number of anilines is 1. The molecule has 0 spiro atoms. The second kappa shape index (κ2) is 7.09. The molecule has 0 saturated heterocycles. The Hall–Kier alpha value is -3.37. The quantitative estimate of drug-likeness (QED) is 0.405. The molecule has 4 heteroatoms. The molecule has 0 atom stereocenters. The maximum Gasteiger partial charge on any atom is 0.169 e. The van der Waals surface area contributed by atoms with Gasteiger partial charge in [0.1, 0.15) is 5.58 Å². The Morgan fingerprint density at radius 1 is 0.926 bits per heavy atom. The van der Waals surface area contributed by atoms with E-state index < -0.39 is 0 Å². The Kier molecular flexibility index (Phi) is 4.48.